The minimum atomic E-state index is 0.0442. The van der Waals surface area contributed by atoms with Crippen molar-refractivity contribution >= 4 is 5.91 Å². The first kappa shape index (κ1) is 13.9. The van der Waals surface area contributed by atoms with Gasteiger partial charge in [-0.2, -0.15) is 0 Å². The normalized spacial score (nSPS) is 19.9. The Morgan fingerprint density at radius 1 is 1.32 bits per heavy atom. The zero-order valence-electron chi connectivity index (χ0n) is 11.5. The van der Waals surface area contributed by atoms with Gasteiger partial charge in [-0.15, -0.1) is 0 Å². The molecule has 1 aliphatic heterocycles. The minimum Gasteiger partial charge on any atom is -0.497 e. The van der Waals surface area contributed by atoms with Crippen molar-refractivity contribution in [2.75, 3.05) is 20.2 Å². The molecule has 2 rings (SSSR count). The molecule has 0 spiro atoms. The van der Waals surface area contributed by atoms with Crippen LogP contribution in [0.15, 0.2) is 24.3 Å². The highest BCUT2D eigenvalue weighted by Gasteiger charge is 2.25. The van der Waals surface area contributed by atoms with Gasteiger partial charge in [-0.05, 0) is 30.5 Å². The molecule has 4 nitrogen and oxygen atoms in total. The van der Waals surface area contributed by atoms with Crippen molar-refractivity contribution in [2.24, 2.45) is 5.73 Å². The highest BCUT2D eigenvalue weighted by atomic mass is 16.5. The second-order valence-corrected chi connectivity index (χ2v) is 4.93. The SMILES string of the molecule is COc1ccc(C2CCCCCN2C(=O)CN)cc1. The van der Waals surface area contributed by atoms with Crippen molar-refractivity contribution in [1.29, 1.82) is 0 Å². The fraction of sp³-hybridized carbons (Fsp3) is 0.533. The molecular weight excluding hydrogens is 240 g/mol. The fourth-order valence-corrected chi connectivity index (χ4v) is 2.70. The Labute approximate surface area is 114 Å². The van der Waals surface area contributed by atoms with Gasteiger partial charge in [-0.25, -0.2) is 0 Å². The fourth-order valence-electron chi connectivity index (χ4n) is 2.70. The molecule has 1 aromatic rings. The first-order valence-corrected chi connectivity index (χ1v) is 6.89. The highest BCUT2D eigenvalue weighted by Crippen LogP contribution is 2.31. The van der Waals surface area contributed by atoms with Crippen LogP contribution in [0.2, 0.25) is 0 Å². The molecule has 19 heavy (non-hydrogen) atoms. The predicted molar refractivity (Wildman–Crippen MR) is 75.0 cm³/mol. The topological polar surface area (TPSA) is 55.6 Å². The molecule has 0 bridgehead atoms. The van der Waals surface area contributed by atoms with Gasteiger partial charge >= 0.3 is 0 Å². The average molecular weight is 262 g/mol. The summed E-state index contributed by atoms with van der Waals surface area (Å²) in [5, 5.41) is 0. The second-order valence-electron chi connectivity index (χ2n) is 4.93. The molecule has 1 aromatic carbocycles. The maximum atomic E-state index is 12.0. The van der Waals surface area contributed by atoms with Crippen LogP contribution in [0.5, 0.6) is 5.75 Å². The van der Waals surface area contributed by atoms with Gasteiger partial charge < -0.3 is 15.4 Å². The maximum Gasteiger partial charge on any atom is 0.236 e. The van der Waals surface area contributed by atoms with E-state index >= 15 is 0 Å². The first-order valence-electron chi connectivity index (χ1n) is 6.89. The molecule has 104 valence electrons. The summed E-state index contributed by atoms with van der Waals surface area (Å²) >= 11 is 0. The van der Waals surface area contributed by atoms with Crippen molar-refractivity contribution in [3.05, 3.63) is 29.8 Å². The lowest BCUT2D eigenvalue weighted by Gasteiger charge is -2.30. The molecule has 2 N–H and O–H groups in total. The van der Waals surface area contributed by atoms with E-state index in [1.54, 1.807) is 7.11 Å². The number of carbonyl (C=O) groups excluding carboxylic acids is 1. The third-order valence-electron chi connectivity index (χ3n) is 3.75. The van der Waals surface area contributed by atoms with E-state index < -0.39 is 0 Å². The number of ether oxygens (including phenoxy) is 1. The minimum absolute atomic E-state index is 0.0442. The molecular formula is C15H22N2O2. The monoisotopic (exact) mass is 262 g/mol. The summed E-state index contributed by atoms with van der Waals surface area (Å²) < 4.78 is 5.18. The molecule has 1 fully saturated rings. The van der Waals surface area contributed by atoms with Crippen LogP contribution in [-0.4, -0.2) is 31.0 Å². The van der Waals surface area contributed by atoms with Gasteiger partial charge in [0.2, 0.25) is 5.91 Å². The number of likely N-dealkylation sites (tertiary alicyclic amines) is 1. The van der Waals surface area contributed by atoms with Gasteiger partial charge in [0.05, 0.1) is 19.7 Å². The van der Waals surface area contributed by atoms with E-state index in [2.05, 4.69) is 0 Å². The number of nitrogens with zero attached hydrogens (tertiary/aromatic N) is 1. The van der Waals surface area contributed by atoms with E-state index in [1.165, 1.54) is 12.0 Å². The van der Waals surface area contributed by atoms with Crippen molar-refractivity contribution < 1.29 is 9.53 Å². The lowest BCUT2D eigenvalue weighted by atomic mass is 10.0. The maximum absolute atomic E-state index is 12.0. The highest BCUT2D eigenvalue weighted by molar-refractivity contribution is 5.78. The molecule has 1 aliphatic rings. The number of hydrogen-bond donors (Lipinski definition) is 1. The van der Waals surface area contributed by atoms with Gasteiger partial charge in [0, 0.05) is 6.54 Å². The van der Waals surface area contributed by atoms with Crippen LogP contribution in [0.4, 0.5) is 0 Å². The largest absolute Gasteiger partial charge is 0.497 e. The Morgan fingerprint density at radius 2 is 2.05 bits per heavy atom. The van der Waals surface area contributed by atoms with Crippen molar-refractivity contribution in [1.82, 2.24) is 4.90 Å². The summed E-state index contributed by atoms with van der Waals surface area (Å²) in [4.78, 5) is 13.9. The van der Waals surface area contributed by atoms with Crippen LogP contribution in [-0.2, 0) is 4.79 Å². The molecule has 1 heterocycles. The summed E-state index contributed by atoms with van der Waals surface area (Å²) in [5.41, 5.74) is 6.70. The van der Waals surface area contributed by atoms with Crippen LogP contribution >= 0.6 is 0 Å². The molecule has 0 aromatic heterocycles. The van der Waals surface area contributed by atoms with E-state index in [9.17, 15) is 4.79 Å². The number of carbonyl (C=O) groups is 1. The Kier molecular flexibility index (Phi) is 4.80. The molecule has 0 saturated carbocycles. The average Bonchev–Trinajstić information content (AvgIpc) is 2.72. The molecule has 0 aliphatic carbocycles. The predicted octanol–water partition coefficient (Wildman–Crippen LogP) is 2.10. The Bertz CT molecular complexity index is 417. The lowest BCUT2D eigenvalue weighted by molar-refractivity contribution is -0.132. The van der Waals surface area contributed by atoms with Gasteiger partial charge in [-0.3, -0.25) is 4.79 Å². The molecule has 0 radical (unpaired) electrons. The Hall–Kier alpha value is -1.55. The van der Waals surface area contributed by atoms with Crippen molar-refractivity contribution in [3.8, 4) is 5.75 Å². The first-order chi connectivity index (χ1) is 9.26. The Morgan fingerprint density at radius 3 is 2.68 bits per heavy atom. The summed E-state index contributed by atoms with van der Waals surface area (Å²) in [7, 11) is 1.66. The zero-order chi connectivity index (χ0) is 13.7. The quantitative estimate of drug-likeness (QED) is 0.907. The van der Waals surface area contributed by atoms with E-state index in [0.29, 0.717) is 0 Å². The van der Waals surface area contributed by atoms with Gasteiger partial charge in [-0.1, -0.05) is 25.0 Å². The van der Waals surface area contributed by atoms with E-state index in [-0.39, 0.29) is 18.5 Å². The number of amides is 1. The molecule has 1 saturated heterocycles. The van der Waals surface area contributed by atoms with Crippen molar-refractivity contribution in [2.45, 2.75) is 31.7 Å². The standard InChI is InChI=1S/C15H22N2O2/c1-19-13-8-6-12(7-9-13)14-5-3-2-4-10-17(14)15(18)11-16/h6-9,14H,2-5,10-11,16H2,1H3. The number of nitrogens with two attached hydrogens (primary N) is 1. The van der Waals surface area contributed by atoms with Crippen LogP contribution in [0.1, 0.15) is 37.3 Å². The summed E-state index contributed by atoms with van der Waals surface area (Å²) in [6, 6.07) is 8.15. The third-order valence-corrected chi connectivity index (χ3v) is 3.75. The van der Waals surface area contributed by atoms with Crippen LogP contribution in [0.25, 0.3) is 0 Å². The zero-order valence-corrected chi connectivity index (χ0v) is 11.5. The summed E-state index contributed by atoms with van der Waals surface area (Å²) in [6.07, 6.45) is 4.42. The van der Waals surface area contributed by atoms with Crippen LogP contribution in [0.3, 0.4) is 0 Å². The van der Waals surface area contributed by atoms with E-state index in [0.717, 1.165) is 31.6 Å². The molecule has 1 unspecified atom stereocenters. The lowest BCUT2D eigenvalue weighted by Crippen LogP contribution is -2.38. The van der Waals surface area contributed by atoms with Crippen molar-refractivity contribution in [3.63, 3.8) is 0 Å². The Balaban J connectivity index is 2.23. The summed E-state index contributed by atoms with van der Waals surface area (Å²) in [6.45, 7) is 0.902. The molecule has 4 heteroatoms. The number of rotatable bonds is 3. The van der Waals surface area contributed by atoms with Gasteiger partial charge in [0.1, 0.15) is 5.75 Å². The molecule has 1 amide bonds. The van der Waals surface area contributed by atoms with Crippen LogP contribution < -0.4 is 10.5 Å². The number of hydrogen-bond acceptors (Lipinski definition) is 3. The summed E-state index contributed by atoms with van der Waals surface area (Å²) in [5.74, 6) is 0.886. The van der Waals surface area contributed by atoms with Gasteiger partial charge in [0.15, 0.2) is 0 Å². The van der Waals surface area contributed by atoms with Crippen LogP contribution in [0, 0.1) is 0 Å². The molecule has 1 atom stereocenters. The smallest absolute Gasteiger partial charge is 0.236 e. The third kappa shape index (κ3) is 3.26. The van der Waals surface area contributed by atoms with E-state index in [4.69, 9.17) is 10.5 Å². The van der Waals surface area contributed by atoms with E-state index in [1.807, 2.05) is 29.2 Å². The van der Waals surface area contributed by atoms with Gasteiger partial charge in [0.25, 0.3) is 0 Å². The number of benzene rings is 1. The number of methoxy groups -OCH3 is 1. The second kappa shape index (κ2) is 6.57.